The molecule has 1 aromatic rings. The van der Waals surface area contributed by atoms with Crippen LogP contribution in [0.3, 0.4) is 0 Å². The minimum absolute atomic E-state index is 0.177. The second-order valence-corrected chi connectivity index (χ2v) is 4.64. The molecule has 0 unspecified atom stereocenters. The van der Waals surface area contributed by atoms with Crippen molar-refractivity contribution in [1.82, 2.24) is 0 Å². The van der Waals surface area contributed by atoms with Gasteiger partial charge in [0.15, 0.2) is 0 Å². The highest BCUT2D eigenvalue weighted by molar-refractivity contribution is 5.87. The molecule has 1 aliphatic heterocycles. The lowest BCUT2D eigenvalue weighted by molar-refractivity contribution is 0.0697. The van der Waals surface area contributed by atoms with Gasteiger partial charge in [-0.25, -0.2) is 4.79 Å². The summed E-state index contributed by atoms with van der Waals surface area (Å²) in [5, 5.41) is 8.86. The molecule has 0 atom stereocenters. The molecule has 88 valence electrons. The van der Waals surface area contributed by atoms with Gasteiger partial charge in [0.2, 0.25) is 0 Å². The lowest BCUT2D eigenvalue weighted by Gasteiger charge is -2.25. The first kappa shape index (κ1) is 11.6. The van der Waals surface area contributed by atoms with E-state index in [1.807, 2.05) is 18.3 Å². The Hall–Kier alpha value is -1.90. The standard InChI is InChI=1S/C14H15NO2/c1-14(2,12-4-3-9-15-12)11-7-5-10(6-8-11)13(16)17/h4-9H,3H2,1-2H3,(H,16,17). The van der Waals surface area contributed by atoms with Gasteiger partial charge in [0.05, 0.1) is 5.56 Å². The zero-order valence-electron chi connectivity index (χ0n) is 9.97. The molecule has 1 aromatic carbocycles. The zero-order chi connectivity index (χ0) is 12.5. The Balaban J connectivity index is 2.33. The number of aliphatic imine (C=N–C) groups is 1. The van der Waals surface area contributed by atoms with Gasteiger partial charge in [-0.3, -0.25) is 4.99 Å². The molecule has 1 aliphatic rings. The Labute approximate surface area is 101 Å². The molecule has 0 saturated heterocycles. The van der Waals surface area contributed by atoms with Gasteiger partial charge in [-0.2, -0.15) is 0 Å². The summed E-state index contributed by atoms with van der Waals surface area (Å²) >= 11 is 0. The first-order valence-electron chi connectivity index (χ1n) is 5.59. The first-order chi connectivity index (χ1) is 8.01. The highest BCUT2D eigenvalue weighted by atomic mass is 16.4. The predicted molar refractivity (Wildman–Crippen MR) is 67.6 cm³/mol. The van der Waals surface area contributed by atoms with E-state index in [4.69, 9.17) is 5.11 Å². The Morgan fingerprint density at radius 3 is 2.41 bits per heavy atom. The third kappa shape index (κ3) is 2.13. The number of hydrogen-bond acceptors (Lipinski definition) is 2. The molecule has 0 fully saturated rings. The third-order valence-corrected chi connectivity index (χ3v) is 3.14. The maximum atomic E-state index is 10.8. The van der Waals surface area contributed by atoms with Crippen molar-refractivity contribution in [3.8, 4) is 0 Å². The molecule has 3 heteroatoms. The summed E-state index contributed by atoms with van der Waals surface area (Å²) in [7, 11) is 0. The molecule has 0 bridgehead atoms. The maximum Gasteiger partial charge on any atom is 0.335 e. The largest absolute Gasteiger partial charge is 0.478 e. The first-order valence-corrected chi connectivity index (χ1v) is 5.59. The van der Waals surface area contributed by atoms with E-state index in [0.717, 1.165) is 17.7 Å². The monoisotopic (exact) mass is 229 g/mol. The van der Waals surface area contributed by atoms with Gasteiger partial charge in [-0.1, -0.05) is 32.1 Å². The van der Waals surface area contributed by atoms with Crippen molar-refractivity contribution < 1.29 is 9.90 Å². The molecule has 1 heterocycles. The molecule has 2 rings (SSSR count). The van der Waals surface area contributed by atoms with Gasteiger partial charge in [0.25, 0.3) is 0 Å². The van der Waals surface area contributed by atoms with Crippen LogP contribution in [0.4, 0.5) is 0 Å². The Kier molecular flexibility index (Phi) is 2.84. The van der Waals surface area contributed by atoms with E-state index in [-0.39, 0.29) is 5.41 Å². The van der Waals surface area contributed by atoms with E-state index in [9.17, 15) is 4.79 Å². The van der Waals surface area contributed by atoms with Crippen LogP contribution >= 0.6 is 0 Å². The number of carboxylic acids is 1. The van der Waals surface area contributed by atoms with Crippen LogP contribution in [-0.2, 0) is 5.41 Å². The van der Waals surface area contributed by atoms with Crippen LogP contribution in [0.5, 0.6) is 0 Å². The fourth-order valence-electron chi connectivity index (χ4n) is 1.96. The van der Waals surface area contributed by atoms with Gasteiger partial charge in [-0.15, -0.1) is 0 Å². The molecule has 0 aromatic heterocycles. The van der Waals surface area contributed by atoms with Gasteiger partial charge in [0.1, 0.15) is 0 Å². The molecule has 0 amide bonds. The quantitative estimate of drug-likeness (QED) is 0.866. The van der Waals surface area contributed by atoms with E-state index in [0.29, 0.717) is 5.56 Å². The fraction of sp³-hybridized carbons (Fsp3) is 0.286. The number of carboxylic acid groups (broad SMARTS) is 1. The Bertz CT molecular complexity index is 495. The summed E-state index contributed by atoms with van der Waals surface area (Å²) in [6.45, 7) is 4.19. The zero-order valence-corrected chi connectivity index (χ0v) is 9.97. The van der Waals surface area contributed by atoms with E-state index in [2.05, 4.69) is 24.9 Å². The maximum absolute atomic E-state index is 10.8. The molecule has 0 spiro atoms. The number of hydrogen-bond donors (Lipinski definition) is 1. The average Bonchev–Trinajstić information content (AvgIpc) is 2.83. The molecular formula is C14H15NO2. The number of aromatic carboxylic acids is 1. The highest BCUT2D eigenvalue weighted by Crippen LogP contribution is 2.33. The minimum atomic E-state index is -0.896. The van der Waals surface area contributed by atoms with Crippen LogP contribution in [0.25, 0.3) is 0 Å². The van der Waals surface area contributed by atoms with Crippen molar-refractivity contribution in [2.24, 2.45) is 4.99 Å². The third-order valence-electron chi connectivity index (χ3n) is 3.14. The van der Waals surface area contributed by atoms with Crippen LogP contribution < -0.4 is 0 Å². The SMILES string of the molecule is CC(C)(C1=CCC=N1)c1ccc(C(=O)O)cc1. The van der Waals surface area contributed by atoms with E-state index >= 15 is 0 Å². The van der Waals surface area contributed by atoms with Crippen LogP contribution in [0.1, 0.15) is 36.2 Å². The van der Waals surface area contributed by atoms with E-state index in [1.54, 1.807) is 12.1 Å². The van der Waals surface area contributed by atoms with Gasteiger partial charge in [0, 0.05) is 23.7 Å². The predicted octanol–water partition coefficient (Wildman–Crippen LogP) is 3.02. The summed E-state index contributed by atoms with van der Waals surface area (Å²) in [6, 6.07) is 6.99. The van der Waals surface area contributed by atoms with Crippen LogP contribution in [0, 0.1) is 0 Å². The van der Waals surface area contributed by atoms with Crippen molar-refractivity contribution >= 4 is 12.2 Å². The lowest BCUT2D eigenvalue weighted by atomic mass is 9.81. The summed E-state index contributed by atoms with van der Waals surface area (Å²) in [4.78, 5) is 15.1. The lowest BCUT2D eigenvalue weighted by Crippen LogP contribution is -2.18. The summed E-state index contributed by atoms with van der Waals surface area (Å²) in [5.74, 6) is -0.896. The number of benzene rings is 1. The summed E-state index contributed by atoms with van der Waals surface area (Å²) < 4.78 is 0. The normalized spacial score (nSPS) is 14.8. The van der Waals surface area contributed by atoms with Crippen LogP contribution in [-0.4, -0.2) is 17.3 Å². The van der Waals surface area contributed by atoms with Crippen molar-refractivity contribution in [1.29, 1.82) is 0 Å². The van der Waals surface area contributed by atoms with Crippen molar-refractivity contribution in [3.05, 3.63) is 47.2 Å². The van der Waals surface area contributed by atoms with Crippen LogP contribution in [0.2, 0.25) is 0 Å². The second-order valence-electron chi connectivity index (χ2n) is 4.64. The molecular weight excluding hydrogens is 214 g/mol. The van der Waals surface area contributed by atoms with Crippen LogP contribution in [0.15, 0.2) is 41.0 Å². The summed E-state index contributed by atoms with van der Waals surface area (Å²) in [6.07, 6.45) is 4.87. The van der Waals surface area contributed by atoms with E-state index < -0.39 is 5.97 Å². The Morgan fingerprint density at radius 2 is 1.94 bits per heavy atom. The molecule has 0 aliphatic carbocycles. The molecule has 0 radical (unpaired) electrons. The fourth-order valence-corrected chi connectivity index (χ4v) is 1.96. The van der Waals surface area contributed by atoms with Gasteiger partial charge >= 0.3 is 5.97 Å². The average molecular weight is 229 g/mol. The Morgan fingerprint density at radius 1 is 1.29 bits per heavy atom. The van der Waals surface area contributed by atoms with Gasteiger partial charge < -0.3 is 5.11 Å². The number of nitrogens with zero attached hydrogens (tertiary/aromatic N) is 1. The molecule has 1 N–H and O–H groups in total. The second kappa shape index (κ2) is 4.17. The summed E-state index contributed by atoms with van der Waals surface area (Å²) in [5.41, 5.74) is 2.26. The number of rotatable bonds is 3. The molecule has 3 nitrogen and oxygen atoms in total. The topological polar surface area (TPSA) is 49.7 Å². The highest BCUT2D eigenvalue weighted by Gasteiger charge is 2.26. The molecule has 0 saturated carbocycles. The molecule has 17 heavy (non-hydrogen) atoms. The van der Waals surface area contributed by atoms with Crippen molar-refractivity contribution in [2.45, 2.75) is 25.7 Å². The number of allylic oxidation sites excluding steroid dienone is 2. The van der Waals surface area contributed by atoms with E-state index in [1.165, 1.54) is 0 Å². The smallest absolute Gasteiger partial charge is 0.335 e. The van der Waals surface area contributed by atoms with Crippen molar-refractivity contribution in [3.63, 3.8) is 0 Å². The van der Waals surface area contributed by atoms with Gasteiger partial charge in [-0.05, 0) is 17.7 Å². The number of carbonyl (C=O) groups is 1. The minimum Gasteiger partial charge on any atom is -0.478 e. The van der Waals surface area contributed by atoms with Crippen molar-refractivity contribution in [2.75, 3.05) is 0 Å².